The summed E-state index contributed by atoms with van der Waals surface area (Å²) >= 11 is 0. The van der Waals surface area contributed by atoms with Crippen molar-refractivity contribution in [1.29, 1.82) is 0 Å². The van der Waals surface area contributed by atoms with Gasteiger partial charge in [0.05, 0.1) is 0 Å². The maximum Gasteiger partial charge on any atom is 0.258 e. The smallest absolute Gasteiger partial charge is 0.258 e. The topological polar surface area (TPSA) is 60.3 Å². The van der Waals surface area contributed by atoms with Crippen molar-refractivity contribution in [2.24, 2.45) is 5.92 Å². The monoisotopic (exact) mass is 412 g/mol. The van der Waals surface area contributed by atoms with Gasteiger partial charge in [-0.25, -0.2) is 0 Å². The molecule has 5 heteroatoms. The fourth-order valence-corrected chi connectivity index (χ4v) is 4.39. The van der Waals surface area contributed by atoms with Gasteiger partial charge in [-0.05, 0) is 53.8 Å². The van der Waals surface area contributed by atoms with Crippen LogP contribution in [0.4, 0.5) is 5.69 Å². The number of benzene rings is 3. The maximum absolute atomic E-state index is 13.1. The highest BCUT2D eigenvalue weighted by atomic mass is 16.5. The van der Waals surface area contributed by atoms with Gasteiger partial charge in [-0.15, -0.1) is 0 Å². The Morgan fingerprint density at radius 3 is 2.52 bits per heavy atom. The fraction of sp³-hybridized carbons (Fsp3) is 0.231. The third kappa shape index (κ3) is 3.84. The minimum atomic E-state index is -0.185. The number of fused-ring (bicyclic) bond motifs is 2. The average Bonchev–Trinajstić information content (AvgIpc) is 2.81. The molecule has 5 rings (SSSR count). The van der Waals surface area contributed by atoms with Crippen LogP contribution in [0.1, 0.15) is 23.2 Å². The van der Waals surface area contributed by atoms with E-state index in [2.05, 4.69) is 5.32 Å². The van der Waals surface area contributed by atoms with Crippen LogP contribution in [-0.4, -0.2) is 23.7 Å². The van der Waals surface area contributed by atoms with Crippen molar-refractivity contribution < 1.29 is 9.53 Å². The Morgan fingerprint density at radius 2 is 1.65 bits per heavy atom. The molecule has 1 fully saturated rings. The number of aromatic nitrogens is 1. The molecule has 31 heavy (non-hydrogen) atoms. The van der Waals surface area contributed by atoms with Gasteiger partial charge >= 0.3 is 0 Å². The first-order chi connectivity index (χ1) is 15.2. The van der Waals surface area contributed by atoms with Crippen molar-refractivity contribution in [2.75, 3.05) is 18.5 Å². The Hall–Kier alpha value is -3.44. The van der Waals surface area contributed by atoms with Crippen molar-refractivity contribution in [3.63, 3.8) is 0 Å². The molecule has 1 aliphatic rings. The summed E-state index contributed by atoms with van der Waals surface area (Å²) < 4.78 is 7.21. The maximum atomic E-state index is 13.1. The minimum Gasteiger partial charge on any atom is -0.381 e. The molecule has 5 nitrogen and oxygen atoms in total. The number of ether oxygens (including phenoxy) is 1. The van der Waals surface area contributed by atoms with Crippen molar-refractivity contribution in [3.8, 4) is 0 Å². The largest absolute Gasteiger partial charge is 0.381 e. The summed E-state index contributed by atoms with van der Waals surface area (Å²) in [4.78, 5) is 26.2. The van der Waals surface area contributed by atoms with Gasteiger partial charge in [-0.3, -0.25) is 9.59 Å². The molecular formula is C26H24N2O3. The Balaban J connectivity index is 1.47. The number of hydrogen-bond donors (Lipinski definition) is 1. The third-order valence-corrected chi connectivity index (χ3v) is 6.10. The van der Waals surface area contributed by atoms with E-state index in [0.29, 0.717) is 29.1 Å². The van der Waals surface area contributed by atoms with E-state index in [4.69, 9.17) is 4.74 Å². The molecule has 1 aromatic heterocycles. The van der Waals surface area contributed by atoms with Crippen LogP contribution in [0.2, 0.25) is 0 Å². The zero-order valence-corrected chi connectivity index (χ0v) is 17.2. The van der Waals surface area contributed by atoms with Gasteiger partial charge in [0.15, 0.2) is 0 Å². The molecule has 0 aliphatic carbocycles. The predicted octanol–water partition coefficient (Wildman–Crippen LogP) is 4.83. The molecule has 0 spiro atoms. The molecule has 1 saturated heterocycles. The highest BCUT2D eigenvalue weighted by Gasteiger charge is 2.17. The Morgan fingerprint density at radius 1 is 0.903 bits per heavy atom. The first kappa shape index (κ1) is 19.5. The lowest BCUT2D eigenvalue weighted by atomic mass is 10.00. The highest BCUT2D eigenvalue weighted by molar-refractivity contribution is 6.15. The molecule has 2 heterocycles. The van der Waals surface area contributed by atoms with Crippen molar-refractivity contribution in [2.45, 2.75) is 19.4 Å². The minimum absolute atomic E-state index is 0.0229. The number of amides is 1. The summed E-state index contributed by atoms with van der Waals surface area (Å²) in [5, 5.41) is 6.31. The molecule has 1 N–H and O–H groups in total. The summed E-state index contributed by atoms with van der Waals surface area (Å²) in [7, 11) is 0. The number of rotatable bonds is 4. The van der Waals surface area contributed by atoms with E-state index >= 15 is 0 Å². The van der Waals surface area contributed by atoms with Crippen LogP contribution in [0.15, 0.2) is 77.7 Å². The Labute approximate surface area is 180 Å². The highest BCUT2D eigenvalue weighted by Crippen LogP contribution is 2.24. The quantitative estimate of drug-likeness (QED) is 0.522. The van der Waals surface area contributed by atoms with Gasteiger partial charge < -0.3 is 14.6 Å². The zero-order chi connectivity index (χ0) is 21.2. The number of carbonyl (C=O) groups is 1. The SMILES string of the molecule is O=C(Nc1cccc2c(=O)n(CC3CCOCC3)ccc12)c1cccc2ccccc12. The van der Waals surface area contributed by atoms with Crippen molar-refractivity contribution >= 4 is 33.1 Å². The second kappa shape index (κ2) is 8.36. The van der Waals surface area contributed by atoms with Crippen LogP contribution in [0.3, 0.4) is 0 Å². The van der Waals surface area contributed by atoms with Gasteiger partial charge in [0.25, 0.3) is 11.5 Å². The zero-order valence-electron chi connectivity index (χ0n) is 17.2. The molecule has 0 radical (unpaired) electrons. The van der Waals surface area contributed by atoms with Crippen LogP contribution in [0, 0.1) is 5.92 Å². The molecule has 1 amide bonds. The number of hydrogen-bond acceptors (Lipinski definition) is 3. The molecule has 0 unspecified atom stereocenters. The number of nitrogens with one attached hydrogen (secondary N) is 1. The molecular weight excluding hydrogens is 388 g/mol. The lowest BCUT2D eigenvalue weighted by Gasteiger charge is -2.23. The van der Waals surface area contributed by atoms with Crippen LogP contribution in [0.5, 0.6) is 0 Å². The van der Waals surface area contributed by atoms with Crippen molar-refractivity contribution in [1.82, 2.24) is 4.57 Å². The van der Waals surface area contributed by atoms with Crippen LogP contribution < -0.4 is 10.9 Å². The van der Waals surface area contributed by atoms with Crippen LogP contribution in [-0.2, 0) is 11.3 Å². The van der Waals surface area contributed by atoms with E-state index in [0.717, 1.165) is 42.2 Å². The summed E-state index contributed by atoms with van der Waals surface area (Å²) in [5.41, 5.74) is 1.24. The van der Waals surface area contributed by atoms with E-state index in [-0.39, 0.29) is 11.5 Å². The van der Waals surface area contributed by atoms with Crippen LogP contribution >= 0.6 is 0 Å². The Kier molecular flexibility index (Phi) is 5.26. The average molecular weight is 412 g/mol. The number of anilines is 1. The van der Waals surface area contributed by atoms with Gasteiger partial charge in [0.1, 0.15) is 0 Å². The molecule has 1 aliphatic heterocycles. The van der Waals surface area contributed by atoms with E-state index < -0.39 is 0 Å². The van der Waals surface area contributed by atoms with Gasteiger partial charge in [0.2, 0.25) is 0 Å². The molecule has 0 saturated carbocycles. The van der Waals surface area contributed by atoms with Gasteiger partial charge in [-0.2, -0.15) is 0 Å². The van der Waals surface area contributed by atoms with E-state index in [1.165, 1.54) is 0 Å². The predicted molar refractivity (Wildman–Crippen MR) is 124 cm³/mol. The fourth-order valence-electron chi connectivity index (χ4n) is 4.39. The second-order valence-corrected chi connectivity index (χ2v) is 8.08. The number of pyridine rings is 1. The normalized spacial score (nSPS) is 14.7. The molecule has 0 bridgehead atoms. The molecule has 3 aromatic carbocycles. The standard InChI is InChI=1S/C26H24N2O3/c29-25(22-8-3-6-19-5-1-2-7-20(19)22)27-24-10-4-9-23-21(24)11-14-28(26(23)30)17-18-12-15-31-16-13-18/h1-11,14,18H,12-13,15-17H2,(H,27,29). The molecule has 4 aromatic rings. The summed E-state index contributed by atoms with van der Waals surface area (Å²) in [6.45, 7) is 2.22. The van der Waals surface area contributed by atoms with E-state index in [9.17, 15) is 9.59 Å². The lowest BCUT2D eigenvalue weighted by Crippen LogP contribution is -2.27. The summed E-state index contributed by atoms with van der Waals surface area (Å²) in [5.74, 6) is 0.272. The first-order valence-electron chi connectivity index (χ1n) is 10.7. The van der Waals surface area contributed by atoms with Gasteiger partial charge in [0, 0.05) is 48.0 Å². The number of carbonyl (C=O) groups excluding carboxylic acids is 1. The van der Waals surface area contributed by atoms with Crippen LogP contribution in [0.25, 0.3) is 21.5 Å². The molecule has 0 atom stereocenters. The van der Waals surface area contributed by atoms with Crippen molar-refractivity contribution in [3.05, 3.63) is 88.8 Å². The number of nitrogens with zero attached hydrogens (tertiary/aromatic N) is 1. The molecule has 156 valence electrons. The Bertz CT molecular complexity index is 1310. The summed E-state index contributed by atoms with van der Waals surface area (Å²) in [6.07, 6.45) is 3.80. The summed E-state index contributed by atoms with van der Waals surface area (Å²) in [6, 6.07) is 20.9. The first-order valence-corrected chi connectivity index (χ1v) is 10.7. The lowest BCUT2D eigenvalue weighted by molar-refractivity contribution is 0.0610. The van der Waals surface area contributed by atoms with E-state index in [1.54, 1.807) is 4.57 Å². The third-order valence-electron chi connectivity index (χ3n) is 6.10. The second-order valence-electron chi connectivity index (χ2n) is 8.08. The van der Waals surface area contributed by atoms with E-state index in [1.807, 2.05) is 72.9 Å². The van der Waals surface area contributed by atoms with Gasteiger partial charge in [-0.1, -0.05) is 42.5 Å².